The number of rotatable bonds is 2. The average molecular weight is 403 g/mol. The lowest BCUT2D eigenvalue weighted by atomic mass is 9.96. The zero-order chi connectivity index (χ0) is 16.5. The lowest BCUT2D eigenvalue weighted by Crippen LogP contribution is -2.49. The van der Waals surface area contributed by atoms with Gasteiger partial charge in [0.2, 0.25) is 0 Å². The van der Waals surface area contributed by atoms with Crippen LogP contribution in [0, 0.1) is 5.82 Å². The fraction of sp³-hybridized carbons (Fsp3) is 0.538. The van der Waals surface area contributed by atoms with E-state index >= 15 is 0 Å². The van der Waals surface area contributed by atoms with Crippen LogP contribution in [0.3, 0.4) is 0 Å². The minimum Gasteiger partial charge on any atom is -0.314 e. The third-order valence-corrected chi connectivity index (χ3v) is 3.46. The Morgan fingerprint density at radius 1 is 0.958 bits per heavy atom. The molecule has 0 amide bonds. The first-order valence-electron chi connectivity index (χ1n) is 6.49. The van der Waals surface area contributed by atoms with E-state index in [0.717, 1.165) is 11.0 Å². The summed E-state index contributed by atoms with van der Waals surface area (Å²) in [5.41, 5.74) is -2.95. The van der Waals surface area contributed by atoms with Crippen molar-refractivity contribution in [3.63, 3.8) is 0 Å². The van der Waals surface area contributed by atoms with Gasteiger partial charge >= 0.3 is 12.4 Å². The Balaban J connectivity index is 0.00000264. The molecule has 1 aliphatic rings. The molecule has 140 valence electrons. The van der Waals surface area contributed by atoms with E-state index in [1.165, 1.54) is 0 Å². The molecule has 0 saturated carbocycles. The van der Waals surface area contributed by atoms with Gasteiger partial charge in [-0.3, -0.25) is 4.90 Å². The van der Waals surface area contributed by atoms with Crippen LogP contribution in [-0.2, 0) is 6.18 Å². The average Bonchev–Trinajstić information content (AvgIpc) is 2.39. The van der Waals surface area contributed by atoms with Crippen molar-refractivity contribution in [1.29, 1.82) is 0 Å². The van der Waals surface area contributed by atoms with Crippen molar-refractivity contribution in [3.8, 4) is 0 Å². The van der Waals surface area contributed by atoms with E-state index in [2.05, 4.69) is 5.32 Å². The molecule has 0 bridgehead atoms. The van der Waals surface area contributed by atoms with Gasteiger partial charge in [0, 0.05) is 31.7 Å². The summed E-state index contributed by atoms with van der Waals surface area (Å²) < 4.78 is 92.8. The Morgan fingerprint density at radius 2 is 1.50 bits per heavy atom. The van der Waals surface area contributed by atoms with Gasteiger partial charge in [-0.05, 0) is 12.1 Å². The first-order chi connectivity index (χ1) is 10.1. The van der Waals surface area contributed by atoms with Crippen LogP contribution >= 0.6 is 24.8 Å². The van der Waals surface area contributed by atoms with Gasteiger partial charge in [-0.25, -0.2) is 4.39 Å². The highest BCUT2D eigenvalue weighted by molar-refractivity contribution is 5.85. The number of alkyl halides is 6. The highest BCUT2D eigenvalue weighted by Gasteiger charge is 2.50. The maximum absolute atomic E-state index is 13.9. The summed E-state index contributed by atoms with van der Waals surface area (Å²) in [6.45, 7) is 0.163. The number of hydrogen-bond acceptors (Lipinski definition) is 2. The van der Waals surface area contributed by atoms with E-state index < -0.39 is 35.3 Å². The first kappa shape index (κ1) is 23.2. The molecular formula is C13H15Cl2F7N2. The quantitative estimate of drug-likeness (QED) is 0.745. The molecule has 2 nitrogen and oxygen atoms in total. The number of nitrogens with one attached hydrogen (secondary N) is 1. The molecule has 0 aliphatic carbocycles. The van der Waals surface area contributed by atoms with Gasteiger partial charge in [0.1, 0.15) is 11.9 Å². The molecule has 1 saturated heterocycles. The molecule has 0 radical (unpaired) electrons. The van der Waals surface area contributed by atoms with Gasteiger partial charge in [0.25, 0.3) is 0 Å². The Hall–Kier alpha value is -0.770. The van der Waals surface area contributed by atoms with E-state index in [1.54, 1.807) is 0 Å². The molecular weight excluding hydrogens is 388 g/mol. The molecule has 24 heavy (non-hydrogen) atoms. The SMILES string of the molecule is Cl.Cl.Fc1cccc(C(F)(F)F)c1[C@@H](N1CCNCC1)C(F)(F)F. The second kappa shape index (κ2) is 8.55. The molecule has 1 atom stereocenters. The highest BCUT2D eigenvalue weighted by atomic mass is 35.5. The second-order valence-electron chi connectivity index (χ2n) is 4.93. The summed E-state index contributed by atoms with van der Waals surface area (Å²) in [4.78, 5) is 0.824. The van der Waals surface area contributed by atoms with Crippen molar-refractivity contribution in [2.24, 2.45) is 0 Å². The standard InChI is InChI=1S/C13H13F7N2.2ClH/c14-9-3-1-2-8(12(15,16)17)10(9)11(13(18,19)20)22-6-4-21-5-7-22;;/h1-3,11,21H,4-7H2;2*1H/t11-;;/m1../s1. The topological polar surface area (TPSA) is 15.3 Å². The van der Waals surface area contributed by atoms with Crippen LogP contribution < -0.4 is 5.32 Å². The molecule has 2 rings (SSSR count). The van der Waals surface area contributed by atoms with Crippen LogP contribution in [0.25, 0.3) is 0 Å². The molecule has 0 unspecified atom stereocenters. The van der Waals surface area contributed by atoms with E-state index in [9.17, 15) is 30.7 Å². The fourth-order valence-corrected chi connectivity index (χ4v) is 2.56. The number of benzene rings is 1. The molecule has 1 heterocycles. The fourth-order valence-electron chi connectivity index (χ4n) is 2.56. The van der Waals surface area contributed by atoms with E-state index in [4.69, 9.17) is 0 Å². The monoisotopic (exact) mass is 402 g/mol. The van der Waals surface area contributed by atoms with Crippen molar-refractivity contribution in [1.82, 2.24) is 10.2 Å². The molecule has 1 aromatic carbocycles. The maximum atomic E-state index is 13.9. The zero-order valence-corrected chi connectivity index (χ0v) is 13.7. The largest absolute Gasteiger partial charge is 0.416 e. The van der Waals surface area contributed by atoms with Crippen LogP contribution in [-0.4, -0.2) is 37.3 Å². The second-order valence-corrected chi connectivity index (χ2v) is 4.93. The van der Waals surface area contributed by atoms with E-state index in [1.807, 2.05) is 0 Å². The zero-order valence-electron chi connectivity index (χ0n) is 12.0. The van der Waals surface area contributed by atoms with Gasteiger partial charge < -0.3 is 5.32 Å². The van der Waals surface area contributed by atoms with Crippen molar-refractivity contribution in [2.45, 2.75) is 18.4 Å². The Morgan fingerprint density at radius 3 is 1.96 bits per heavy atom. The minimum atomic E-state index is -5.06. The third kappa shape index (κ3) is 5.11. The van der Waals surface area contributed by atoms with Crippen LogP contribution in [0.1, 0.15) is 17.2 Å². The molecule has 1 aliphatic heterocycles. The number of nitrogens with zero attached hydrogens (tertiary/aromatic N) is 1. The Kier molecular flexibility index (Phi) is 8.28. The van der Waals surface area contributed by atoms with E-state index in [0.29, 0.717) is 12.1 Å². The van der Waals surface area contributed by atoms with E-state index in [-0.39, 0.29) is 51.0 Å². The smallest absolute Gasteiger partial charge is 0.314 e. The maximum Gasteiger partial charge on any atom is 0.416 e. The van der Waals surface area contributed by atoms with Gasteiger partial charge in [0.15, 0.2) is 0 Å². The predicted octanol–water partition coefficient (Wildman–Crippen LogP) is 4.20. The molecule has 1 N–H and O–H groups in total. The molecule has 1 fully saturated rings. The molecule has 1 aromatic rings. The minimum absolute atomic E-state index is 0. The van der Waals surface area contributed by atoms with Crippen LogP contribution in [0.4, 0.5) is 30.7 Å². The van der Waals surface area contributed by atoms with Crippen molar-refractivity contribution in [2.75, 3.05) is 26.2 Å². The van der Waals surface area contributed by atoms with Gasteiger partial charge in [-0.1, -0.05) is 6.07 Å². The predicted molar refractivity (Wildman–Crippen MR) is 79.1 cm³/mol. The summed E-state index contributed by atoms with van der Waals surface area (Å²) in [6, 6.07) is -0.773. The third-order valence-electron chi connectivity index (χ3n) is 3.46. The summed E-state index contributed by atoms with van der Waals surface area (Å²) in [6.07, 6.45) is -10.1. The van der Waals surface area contributed by atoms with Crippen molar-refractivity contribution in [3.05, 3.63) is 35.1 Å². The molecule has 0 aromatic heterocycles. The van der Waals surface area contributed by atoms with Gasteiger partial charge in [-0.2, -0.15) is 26.3 Å². The van der Waals surface area contributed by atoms with Crippen LogP contribution in [0.5, 0.6) is 0 Å². The summed E-state index contributed by atoms with van der Waals surface area (Å²) in [7, 11) is 0. The van der Waals surface area contributed by atoms with Crippen LogP contribution in [0.2, 0.25) is 0 Å². The lowest BCUT2D eigenvalue weighted by Gasteiger charge is -2.37. The highest BCUT2D eigenvalue weighted by Crippen LogP contribution is 2.44. The summed E-state index contributed by atoms with van der Waals surface area (Å²) in [5, 5.41) is 2.81. The number of piperazine rings is 1. The van der Waals surface area contributed by atoms with Gasteiger partial charge in [0.05, 0.1) is 5.56 Å². The summed E-state index contributed by atoms with van der Waals surface area (Å²) >= 11 is 0. The summed E-state index contributed by atoms with van der Waals surface area (Å²) in [5.74, 6) is -1.50. The first-order valence-corrected chi connectivity index (χ1v) is 6.49. The van der Waals surface area contributed by atoms with Crippen LogP contribution in [0.15, 0.2) is 18.2 Å². The number of halogens is 9. The Labute approximate surface area is 146 Å². The van der Waals surface area contributed by atoms with Gasteiger partial charge in [-0.15, -0.1) is 24.8 Å². The molecule has 11 heteroatoms. The Bertz CT molecular complexity index is 528. The van der Waals surface area contributed by atoms with Crippen molar-refractivity contribution >= 4 is 24.8 Å². The lowest BCUT2D eigenvalue weighted by molar-refractivity contribution is -0.191. The normalized spacial score (nSPS) is 17.6. The van der Waals surface area contributed by atoms with Crippen molar-refractivity contribution < 1.29 is 30.7 Å². The number of hydrogen-bond donors (Lipinski definition) is 1. The molecule has 0 spiro atoms.